The topological polar surface area (TPSA) is 78.1 Å². The molecule has 6 heteroatoms. The average Bonchev–Trinajstić information content (AvgIpc) is 2.78. The molecule has 1 amide bonds. The van der Waals surface area contributed by atoms with Gasteiger partial charge in [0.15, 0.2) is 0 Å². The van der Waals surface area contributed by atoms with Gasteiger partial charge in [0, 0.05) is 19.3 Å². The number of aromatic amines is 1. The van der Waals surface area contributed by atoms with Crippen LogP contribution in [-0.2, 0) is 0 Å². The third-order valence-electron chi connectivity index (χ3n) is 2.96. The fourth-order valence-electron chi connectivity index (χ4n) is 2.09. The van der Waals surface area contributed by atoms with Crippen LogP contribution in [0.15, 0.2) is 17.2 Å². The summed E-state index contributed by atoms with van der Waals surface area (Å²) in [5.74, 6) is 0.395. The van der Waals surface area contributed by atoms with Crippen molar-refractivity contribution in [2.24, 2.45) is 5.92 Å². The predicted octanol–water partition coefficient (Wildman–Crippen LogP) is -0.549. The zero-order chi connectivity index (χ0) is 12.3. The molecule has 1 fully saturated rings. The highest BCUT2D eigenvalue weighted by Gasteiger charge is 2.26. The molecule has 0 bridgehead atoms. The van der Waals surface area contributed by atoms with E-state index in [1.165, 1.54) is 6.20 Å². The number of hydrogen-bond donors (Lipinski definition) is 2. The Balaban J connectivity index is 2.02. The predicted molar refractivity (Wildman–Crippen MR) is 62.8 cm³/mol. The van der Waals surface area contributed by atoms with Crippen LogP contribution in [0.1, 0.15) is 16.9 Å². The van der Waals surface area contributed by atoms with Gasteiger partial charge < -0.3 is 15.2 Å². The Morgan fingerprint density at radius 3 is 3.18 bits per heavy atom. The van der Waals surface area contributed by atoms with Crippen molar-refractivity contribution in [2.45, 2.75) is 6.42 Å². The number of likely N-dealkylation sites (tertiary alicyclic amines) is 1. The number of nitrogens with zero attached hydrogens (tertiary/aromatic N) is 2. The van der Waals surface area contributed by atoms with Gasteiger partial charge in [0.1, 0.15) is 5.69 Å². The third-order valence-corrected chi connectivity index (χ3v) is 2.96. The van der Waals surface area contributed by atoms with Crippen molar-refractivity contribution < 1.29 is 4.79 Å². The Morgan fingerprint density at radius 2 is 2.53 bits per heavy atom. The molecule has 1 aliphatic rings. The van der Waals surface area contributed by atoms with E-state index in [0.717, 1.165) is 32.3 Å². The number of hydrogen-bond acceptors (Lipinski definition) is 4. The molecule has 1 atom stereocenters. The molecule has 92 valence electrons. The summed E-state index contributed by atoms with van der Waals surface area (Å²) >= 11 is 0. The lowest BCUT2D eigenvalue weighted by molar-refractivity contribution is 0.0781. The lowest BCUT2D eigenvalue weighted by Gasteiger charge is -2.15. The van der Waals surface area contributed by atoms with Crippen LogP contribution in [0.3, 0.4) is 0 Å². The number of carbonyl (C=O) groups excluding carboxylic acids is 1. The molecule has 2 rings (SSSR count). The molecule has 1 aromatic rings. The van der Waals surface area contributed by atoms with E-state index in [1.54, 1.807) is 4.90 Å². The second-order valence-electron chi connectivity index (χ2n) is 4.26. The molecule has 6 nitrogen and oxygen atoms in total. The monoisotopic (exact) mass is 236 g/mol. The highest BCUT2D eigenvalue weighted by molar-refractivity contribution is 5.92. The van der Waals surface area contributed by atoms with Crippen molar-refractivity contribution in [3.8, 4) is 0 Å². The van der Waals surface area contributed by atoms with Gasteiger partial charge in [-0.1, -0.05) is 0 Å². The molecule has 0 saturated carbocycles. The Bertz CT molecular complexity index is 437. The maximum atomic E-state index is 12.0. The van der Waals surface area contributed by atoms with Crippen molar-refractivity contribution in [3.63, 3.8) is 0 Å². The van der Waals surface area contributed by atoms with Gasteiger partial charge in [-0.3, -0.25) is 9.59 Å². The molecule has 17 heavy (non-hydrogen) atoms. The lowest BCUT2D eigenvalue weighted by atomic mass is 10.1. The molecule has 0 aliphatic carbocycles. The quantitative estimate of drug-likeness (QED) is 0.738. The summed E-state index contributed by atoms with van der Waals surface area (Å²) in [5.41, 5.74) is 0.00531. The van der Waals surface area contributed by atoms with E-state index in [4.69, 9.17) is 0 Å². The molecule has 0 aromatic carbocycles. The van der Waals surface area contributed by atoms with Crippen LogP contribution < -0.4 is 10.9 Å². The Morgan fingerprint density at radius 1 is 1.71 bits per heavy atom. The van der Waals surface area contributed by atoms with Crippen LogP contribution >= 0.6 is 0 Å². The highest BCUT2D eigenvalue weighted by Crippen LogP contribution is 2.16. The molecule has 1 aromatic heterocycles. The summed E-state index contributed by atoms with van der Waals surface area (Å²) in [5, 5.41) is 3.12. The van der Waals surface area contributed by atoms with Crippen molar-refractivity contribution in [1.82, 2.24) is 20.2 Å². The molecule has 2 heterocycles. The fraction of sp³-hybridized carbons (Fsp3) is 0.545. The molecule has 0 spiro atoms. The summed E-state index contributed by atoms with van der Waals surface area (Å²) in [6, 6.07) is 0. The maximum Gasteiger partial charge on any atom is 0.273 e. The zero-order valence-electron chi connectivity index (χ0n) is 9.77. The number of nitrogens with one attached hydrogen (secondary N) is 2. The Hall–Kier alpha value is -1.69. The number of H-pyrrole nitrogens is 1. The van der Waals surface area contributed by atoms with Gasteiger partial charge in [-0.25, -0.2) is 4.98 Å². The second kappa shape index (κ2) is 5.09. The van der Waals surface area contributed by atoms with Gasteiger partial charge in [-0.2, -0.15) is 0 Å². The first-order chi connectivity index (χ1) is 8.20. The minimum absolute atomic E-state index is 0.111. The van der Waals surface area contributed by atoms with Crippen LogP contribution in [0.2, 0.25) is 0 Å². The smallest absolute Gasteiger partial charge is 0.273 e. The number of aromatic nitrogens is 2. The molecule has 1 saturated heterocycles. The zero-order valence-corrected chi connectivity index (χ0v) is 9.77. The van der Waals surface area contributed by atoms with Gasteiger partial charge >= 0.3 is 0 Å². The fourth-order valence-corrected chi connectivity index (χ4v) is 2.09. The molecule has 2 N–H and O–H groups in total. The molecule has 1 unspecified atom stereocenters. The van der Waals surface area contributed by atoms with Gasteiger partial charge in [0.05, 0.1) is 6.20 Å². The first-order valence-electron chi connectivity index (χ1n) is 5.69. The first-order valence-corrected chi connectivity index (χ1v) is 5.69. The van der Waals surface area contributed by atoms with E-state index in [9.17, 15) is 9.59 Å². The summed E-state index contributed by atoms with van der Waals surface area (Å²) < 4.78 is 0. The van der Waals surface area contributed by atoms with Crippen LogP contribution in [0.25, 0.3) is 0 Å². The minimum Gasteiger partial charge on any atom is -0.337 e. The minimum atomic E-state index is -0.295. The Kier molecular flexibility index (Phi) is 3.53. The van der Waals surface area contributed by atoms with Crippen LogP contribution in [-0.4, -0.2) is 47.5 Å². The second-order valence-corrected chi connectivity index (χ2v) is 4.26. The van der Waals surface area contributed by atoms with Gasteiger partial charge in [0.25, 0.3) is 11.5 Å². The van der Waals surface area contributed by atoms with Gasteiger partial charge in [-0.15, -0.1) is 0 Å². The van der Waals surface area contributed by atoms with Crippen molar-refractivity contribution in [2.75, 3.05) is 26.7 Å². The molecule has 0 radical (unpaired) electrons. The highest BCUT2D eigenvalue weighted by atomic mass is 16.2. The summed E-state index contributed by atoms with van der Waals surface area (Å²) in [7, 11) is 1.91. The van der Waals surface area contributed by atoms with Crippen molar-refractivity contribution in [1.29, 1.82) is 0 Å². The normalized spacial score (nSPS) is 19.6. The average molecular weight is 236 g/mol. The molecular formula is C11H16N4O2. The van der Waals surface area contributed by atoms with Crippen molar-refractivity contribution >= 4 is 5.91 Å². The van der Waals surface area contributed by atoms with Gasteiger partial charge in [0.2, 0.25) is 0 Å². The number of carbonyl (C=O) groups is 1. The standard InChI is InChI=1S/C11H16N4O2/c1-12-4-8-2-3-15(7-8)11(17)9-5-14-10(16)6-13-9/h5-6,8,12H,2-4,7H2,1H3,(H,14,16). The maximum absolute atomic E-state index is 12.0. The summed E-state index contributed by atoms with van der Waals surface area (Å²) in [6.07, 6.45) is 3.51. The van der Waals surface area contributed by atoms with E-state index in [-0.39, 0.29) is 11.5 Å². The largest absolute Gasteiger partial charge is 0.337 e. The van der Waals surface area contributed by atoms with Crippen molar-refractivity contribution in [3.05, 3.63) is 28.4 Å². The summed E-state index contributed by atoms with van der Waals surface area (Å²) in [6.45, 7) is 2.43. The van der Waals surface area contributed by atoms with E-state index in [2.05, 4.69) is 15.3 Å². The van der Waals surface area contributed by atoms with E-state index < -0.39 is 0 Å². The lowest BCUT2D eigenvalue weighted by Crippen LogP contribution is -2.31. The Labute approximate surface area is 99.1 Å². The molecular weight excluding hydrogens is 220 g/mol. The van der Waals surface area contributed by atoms with Crippen LogP contribution in [0.4, 0.5) is 0 Å². The molecule has 1 aliphatic heterocycles. The van der Waals surface area contributed by atoms with Gasteiger partial charge in [-0.05, 0) is 25.9 Å². The van der Waals surface area contributed by atoms with E-state index >= 15 is 0 Å². The van der Waals surface area contributed by atoms with E-state index in [0.29, 0.717) is 11.6 Å². The van der Waals surface area contributed by atoms with E-state index in [1.807, 2.05) is 7.05 Å². The van der Waals surface area contributed by atoms with Crippen LogP contribution in [0.5, 0.6) is 0 Å². The van der Waals surface area contributed by atoms with Crippen LogP contribution in [0, 0.1) is 5.92 Å². The summed E-state index contributed by atoms with van der Waals surface area (Å²) in [4.78, 5) is 31.0. The SMILES string of the molecule is CNCC1CCN(C(=O)c2c[nH]c(=O)cn2)C1. The number of amides is 1. The third kappa shape index (κ3) is 2.71. The first kappa shape index (κ1) is 11.8. The number of rotatable bonds is 3.